The van der Waals surface area contributed by atoms with Gasteiger partial charge in [-0.1, -0.05) is 35.9 Å². The van der Waals surface area contributed by atoms with Crippen molar-refractivity contribution in [1.29, 1.82) is 0 Å². The molecule has 0 radical (unpaired) electrons. The van der Waals surface area contributed by atoms with E-state index in [4.69, 9.17) is 16.7 Å². The maximum absolute atomic E-state index is 13.5. The molecule has 0 aliphatic carbocycles. The number of amides is 1. The first-order valence-corrected chi connectivity index (χ1v) is 10.7. The van der Waals surface area contributed by atoms with Crippen LogP contribution < -0.4 is 5.32 Å². The smallest absolute Gasteiger partial charge is 0.335 e. The van der Waals surface area contributed by atoms with Gasteiger partial charge in [0.1, 0.15) is 5.69 Å². The SMILES string of the molecule is Cc1cccc(Cl)c1C(=O)n1nc(-c2ccc(C(=O)O)cc2)c2ccc(C(=O)NCCO)cc21. The molecule has 8 nitrogen and oxygen atoms in total. The second-order valence-electron chi connectivity index (χ2n) is 7.59. The van der Waals surface area contributed by atoms with E-state index in [1.54, 1.807) is 55.5 Å². The summed E-state index contributed by atoms with van der Waals surface area (Å²) in [5.41, 5.74) is 2.82. The van der Waals surface area contributed by atoms with Crippen molar-refractivity contribution in [2.24, 2.45) is 0 Å². The predicted octanol–water partition coefficient (Wildman–Crippen LogP) is 3.77. The minimum atomic E-state index is -1.05. The number of aliphatic hydroxyl groups excluding tert-OH is 1. The van der Waals surface area contributed by atoms with Crippen LogP contribution in [0.2, 0.25) is 5.02 Å². The lowest BCUT2D eigenvalue weighted by atomic mass is 10.0. The highest BCUT2D eigenvalue weighted by Gasteiger charge is 2.22. The minimum Gasteiger partial charge on any atom is -0.478 e. The van der Waals surface area contributed by atoms with Crippen LogP contribution in [0.1, 0.15) is 36.6 Å². The topological polar surface area (TPSA) is 122 Å². The van der Waals surface area contributed by atoms with E-state index in [9.17, 15) is 19.5 Å². The minimum absolute atomic E-state index is 0.0923. The standard InChI is InChI=1S/C25H20ClN3O5/c1-14-3-2-4-19(26)21(14)24(32)29-20-13-17(23(31)27-11-12-30)9-10-18(20)22(28-29)15-5-7-16(8-6-15)25(33)34/h2-10,13,30H,11-12H2,1H3,(H,27,31)(H,33,34). The Hall–Kier alpha value is -4.01. The number of carboxylic acid groups (broad SMARTS) is 1. The van der Waals surface area contributed by atoms with E-state index in [2.05, 4.69) is 10.4 Å². The summed E-state index contributed by atoms with van der Waals surface area (Å²) in [6.07, 6.45) is 0. The van der Waals surface area contributed by atoms with Gasteiger partial charge < -0.3 is 15.5 Å². The van der Waals surface area contributed by atoms with E-state index in [-0.39, 0.29) is 29.3 Å². The van der Waals surface area contributed by atoms with Crippen LogP contribution in [0.3, 0.4) is 0 Å². The Morgan fingerprint density at radius 1 is 1.03 bits per heavy atom. The lowest BCUT2D eigenvalue weighted by Crippen LogP contribution is -2.26. The van der Waals surface area contributed by atoms with E-state index >= 15 is 0 Å². The van der Waals surface area contributed by atoms with Crippen molar-refractivity contribution in [3.8, 4) is 11.3 Å². The van der Waals surface area contributed by atoms with Crippen molar-refractivity contribution in [3.05, 3.63) is 87.9 Å². The van der Waals surface area contributed by atoms with Gasteiger partial charge in [-0.25, -0.2) is 4.79 Å². The van der Waals surface area contributed by atoms with Gasteiger partial charge in [-0.15, -0.1) is 0 Å². The van der Waals surface area contributed by atoms with Crippen LogP contribution in [-0.4, -0.2) is 50.9 Å². The third-order valence-corrected chi connectivity index (χ3v) is 5.69. The number of aromatic carboxylic acids is 1. The molecule has 0 atom stereocenters. The second-order valence-corrected chi connectivity index (χ2v) is 8.00. The molecular weight excluding hydrogens is 458 g/mol. The number of hydrogen-bond donors (Lipinski definition) is 3. The number of carboxylic acids is 1. The average Bonchev–Trinajstić information content (AvgIpc) is 3.21. The third-order valence-electron chi connectivity index (χ3n) is 5.37. The summed E-state index contributed by atoms with van der Waals surface area (Å²) in [5, 5.41) is 26.2. The molecule has 1 aromatic heterocycles. The van der Waals surface area contributed by atoms with Crippen molar-refractivity contribution < 1.29 is 24.6 Å². The van der Waals surface area contributed by atoms with Gasteiger partial charge in [0.2, 0.25) is 0 Å². The fourth-order valence-electron chi connectivity index (χ4n) is 3.68. The van der Waals surface area contributed by atoms with Crippen LogP contribution >= 0.6 is 11.6 Å². The van der Waals surface area contributed by atoms with Gasteiger partial charge in [0.25, 0.3) is 11.8 Å². The number of aliphatic hydroxyl groups is 1. The zero-order chi connectivity index (χ0) is 24.4. The second kappa shape index (κ2) is 9.46. The summed E-state index contributed by atoms with van der Waals surface area (Å²) in [7, 11) is 0. The van der Waals surface area contributed by atoms with Gasteiger partial charge in [0, 0.05) is 23.1 Å². The molecule has 4 rings (SSSR count). The molecule has 1 heterocycles. The monoisotopic (exact) mass is 477 g/mol. The van der Waals surface area contributed by atoms with Crippen molar-refractivity contribution in [3.63, 3.8) is 0 Å². The molecule has 1 amide bonds. The van der Waals surface area contributed by atoms with Gasteiger partial charge in [0.15, 0.2) is 0 Å². The molecule has 0 aliphatic rings. The Kier molecular flexibility index (Phi) is 6.45. The summed E-state index contributed by atoms with van der Waals surface area (Å²) < 4.78 is 1.20. The number of aromatic nitrogens is 2. The van der Waals surface area contributed by atoms with Crippen LogP contribution in [0.15, 0.2) is 60.7 Å². The molecule has 0 bridgehead atoms. The van der Waals surface area contributed by atoms with E-state index in [0.717, 1.165) is 0 Å². The quantitative estimate of drug-likeness (QED) is 0.388. The number of benzene rings is 3. The number of aryl methyl sites for hydroxylation is 1. The number of carbonyl (C=O) groups excluding carboxylic acids is 2. The molecule has 9 heteroatoms. The highest BCUT2D eigenvalue weighted by Crippen LogP contribution is 2.31. The Balaban J connectivity index is 1.91. The fourth-order valence-corrected chi connectivity index (χ4v) is 3.98. The lowest BCUT2D eigenvalue weighted by molar-refractivity contribution is 0.0696. The highest BCUT2D eigenvalue weighted by molar-refractivity contribution is 6.34. The predicted molar refractivity (Wildman–Crippen MR) is 127 cm³/mol. The summed E-state index contributed by atoms with van der Waals surface area (Å²) in [5.74, 6) is -1.92. The van der Waals surface area contributed by atoms with Crippen molar-refractivity contribution >= 4 is 40.3 Å². The number of fused-ring (bicyclic) bond motifs is 1. The van der Waals surface area contributed by atoms with E-state index < -0.39 is 17.8 Å². The van der Waals surface area contributed by atoms with Crippen LogP contribution in [-0.2, 0) is 0 Å². The lowest BCUT2D eigenvalue weighted by Gasteiger charge is -2.08. The molecule has 172 valence electrons. The van der Waals surface area contributed by atoms with Gasteiger partial charge in [-0.2, -0.15) is 9.78 Å². The molecule has 0 unspecified atom stereocenters. The molecule has 4 aromatic rings. The van der Waals surface area contributed by atoms with Crippen LogP contribution in [0.25, 0.3) is 22.2 Å². The van der Waals surface area contributed by atoms with Crippen LogP contribution in [0.4, 0.5) is 0 Å². The van der Waals surface area contributed by atoms with Crippen molar-refractivity contribution in [2.75, 3.05) is 13.2 Å². The summed E-state index contributed by atoms with van der Waals surface area (Å²) >= 11 is 6.33. The Morgan fingerprint density at radius 3 is 2.38 bits per heavy atom. The Morgan fingerprint density at radius 2 is 1.74 bits per heavy atom. The molecular formula is C25H20ClN3O5. The molecule has 0 aliphatic heterocycles. The number of halogens is 1. The number of hydrogen-bond acceptors (Lipinski definition) is 5. The largest absolute Gasteiger partial charge is 0.478 e. The molecule has 0 saturated carbocycles. The molecule has 0 fully saturated rings. The van der Waals surface area contributed by atoms with Gasteiger partial charge in [-0.3, -0.25) is 9.59 Å². The van der Waals surface area contributed by atoms with Crippen LogP contribution in [0, 0.1) is 6.92 Å². The molecule has 3 aromatic carbocycles. The number of nitrogens with one attached hydrogen (secondary N) is 1. The van der Waals surface area contributed by atoms with E-state index in [1.807, 2.05) is 0 Å². The first-order chi connectivity index (χ1) is 16.3. The van der Waals surface area contributed by atoms with Crippen LogP contribution in [0.5, 0.6) is 0 Å². The molecule has 0 spiro atoms. The molecule has 34 heavy (non-hydrogen) atoms. The third kappa shape index (κ3) is 4.28. The van der Waals surface area contributed by atoms with Gasteiger partial charge in [-0.05, 0) is 48.9 Å². The normalized spacial score (nSPS) is 10.9. The first kappa shape index (κ1) is 23.2. The fraction of sp³-hybridized carbons (Fsp3) is 0.120. The zero-order valence-corrected chi connectivity index (χ0v) is 18.8. The summed E-state index contributed by atoms with van der Waals surface area (Å²) in [4.78, 5) is 37.2. The maximum Gasteiger partial charge on any atom is 0.335 e. The van der Waals surface area contributed by atoms with Crippen molar-refractivity contribution in [2.45, 2.75) is 6.92 Å². The molecule has 3 N–H and O–H groups in total. The number of rotatable bonds is 6. The van der Waals surface area contributed by atoms with Gasteiger partial charge >= 0.3 is 5.97 Å². The Bertz CT molecular complexity index is 1410. The summed E-state index contributed by atoms with van der Waals surface area (Å²) in [6.45, 7) is 1.66. The van der Waals surface area contributed by atoms with Gasteiger partial charge in [0.05, 0.1) is 28.3 Å². The Labute approximate surface area is 199 Å². The maximum atomic E-state index is 13.5. The van der Waals surface area contributed by atoms with E-state index in [1.165, 1.54) is 16.8 Å². The first-order valence-electron chi connectivity index (χ1n) is 10.4. The number of nitrogens with zero attached hydrogens (tertiary/aromatic N) is 2. The summed E-state index contributed by atoms with van der Waals surface area (Å²) in [6, 6.07) is 16.1. The average molecular weight is 478 g/mol. The number of carbonyl (C=O) groups is 3. The highest BCUT2D eigenvalue weighted by atomic mass is 35.5. The molecule has 0 saturated heterocycles. The zero-order valence-electron chi connectivity index (χ0n) is 18.1. The van der Waals surface area contributed by atoms with E-state index in [0.29, 0.717) is 33.3 Å². The van der Waals surface area contributed by atoms with Crippen molar-refractivity contribution in [1.82, 2.24) is 15.1 Å².